The molecule has 5 nitrogen and oxygen atoms in total. The van der Waals surface area contributed by atoms with E-state index in [0.29, 0.717) is 19.6 Å². The second-order valence-electron chi connectivity index (χ2n) is 7.52. The van der Waals surface area contributed by atoms with E-state index in [4.69, 9.17) is 0 Å². The number of nitrogens with zero attached hydrogens (tertiary/aromatic N) is 1. The van der Waals surface area contributed by atoms with E-state index in [1.54, 1.807) is 0 Å². The summed E-state index contributed by atoms with van der Waals surface area (Å²) < 4.78 is 0. The highest BCUT2D eigenvalue weighted by Crippen LogP contribution is 2.16. The monoisotopic (exact) mass is 380 g/mol. The minimum absolute atomic E-state index is 0.0495. The first kappa shape index (κ1) is 20.1. The summed E-state index contributed by atoms with van der Waals surface area (Å²) in [4.78, 5) is 28.2. The van der Waals surface area contributed by atoms with Crippen LogP contribution in [0.15, 0.2) is 54.6 Å². The van der Waals surface area contributed by atoms with Gasteiger partial charge in [0.15, 0.2) is 6.54 Å². The third kappa shape index (κ3) is 5.20. The number of piperazine rings is 1. The van der Waals surface area contributed by atoms with Crippen molar-refractivity contribution in [3.05, 3.63) is 71.3 Å². The van der Waals surface area contributed by atoms with Gasteiger partial charge in [0, 0.05) is 5.56 Å². The maximum absolute atomic E-state index is 12.5. The summed E-state index contributed by atoms with van der Waals surface area (Å²) in [5.74, 6) is 0.153. The fourth-order valence-electron chi connectivity index (χ4n) is 3.66. The Morgan fingerprint density at radius 1 is 1.04 bits per heavy atom. The van der Waals surface area contributed by atoms with Crippen molar-refractivity contribution >= 4 is 11.8 Å². The van der Waals surface area contributed by atoms with Gasteiger partial charge in [-0.2, -0.15) is 0 Å². The van der Waals surface area contributed by atoms with Crippen molar-refractivity contribution in [2.75, 3.05) is 32.7 Å². The van der Waals surface area contributed by atoms with Gasteiger partial charge in [-0.15, -0.1) is 0 Å². The second-order valence-corrected chi connectivity index (χ2v) is 7.52. The Bertz CT molecular complexity index is 781. The molecule has 5 heteroatoms. The van der Waals surface area contributed by atoms with Crippen molar-refractivity contribution in [2.24, 2.45) is 0 Å². The van der Waals surface area contributed by atoms with Gasteiger partial charge in [-0.1, -0.05) is 55.0 Å². The smallest absolute Gasteiger partial charge is 0.275 e. The van der Waals surface area contributed by atoms with Gasteiger partial charge in [0.25, 0.3) is 11.8 Å². The Morgan fingerprint density at radius 3 is 2.29 bits per heavy atom. The highest BCUT2D eigenvalue weighted by Gasteiger charge is 2.26. The zero-order valence-corrected chi connectivity index (χ0v) is 16.8. The third-order valence-corrected chi connectivity index (χ3v) is 5.41. The molecular weight excluding hydrogens is 350 g/mol. The van der Waals surface area contributed by atoms with Gasteiger partial charge in [-0.3, -0.25) is 9.59 Å². The van der Waals surface area contributed by atoms with Crippen LogP contribution in [-0.2, 0) is 4.79 Å². The summed E-state index contributed by atoms with van der Waals surface area (Å²) in [5, 5.41) is 3.17. The standard InChI is InChI=1S/C23H29N3O2/c1-3-21(19-11-9-18(2)10-12-19)24-22(27)17-25-13-15-26(16-14-25)23(28)20-7-5-4-6-8-20/h4-12,21H,3,13-17H2,1-2H3,(H,24,27)/p+1/t21-/m1/s1. The van der Waals surface area contributed by atoms with Crippen molar-refractivity contribution in [3.63, 3.8) is 0 Å². The lowest BCUT2D eigenvalue weighted by Gasteiger charge is -2.32. The van der Waals surface area contributed by atoms with Crippen LogP contribution < -0.4 is 10.2 Å². The normalized spacial score (nSPS) is 15.9. The van der Waals surface area contributed by atoms with Gasteiger partial charge >= 0.3 is 0 Å². The fourth-order valence-corrected chi connectivity index (χ4v) is 3.66. The molecule has 1 saturated heterocycles. The predicted octanol–water partition coefficient (Wildman–Crippen LogP) is 1.60. The molecule has 1 aliphatic rings. The van der Waals surface area contributed by atoms with Crippen molar-refractivity contribution in [2.45, 2.75) is 26.3 Å². The van der Waals surface area contributed by atoms with E-state index >= 15 is 0 Å². The third-order valence-electron chi connectivity index (χ3n) is 5.41. The first-order valence-corrected chi connectivity index (χ1v) is 10.1. The van der Waals surface area contributed by atoms with Crippen LogP contribution in [-0.4, -0.2) is 49.4 Å². The summed E-state index contributed by atoms with van der Waals surface area (Å²) in [7, 11) is 0. The van der Waals surface area contributed by atoms with Crippen LogP contribution >= 0.6 is 0 Å². The quantitative estimate of drug-likeness (QED) is 0.800. The van der Waals surface area contributed by atoms with Crippen LogP contribution in [0.1, 0.15) is 40.9 Å². The van der Waals surface area contributed by atoms with Gasteiger partial charge in [0.1, 0.15) is 0 Å². The van der Waals surface area contributed by atoms with Crippen molar-refractivity contribution < 1.29 is 14.5 Å². The summed E-state index contributed by atoms with van der Waals surface area (Å²) in [6.45, 7) is 7.58. The summed E-state index contributed by atoms with van der Waals surface area (Å²) in [5.41, 5.74) is 3.10. The maximum atomic E-state index is 12.5. The molecule has 0 saturated carbocycles. The average molecular weight is 381 g/mol. The molecule has 1 heterocycles. The Balaban J connectivity index is 1.48. The number of hydrogen-bond donors (Lipinski definition) is 2. The first-order chi connectivity index (χ1) is 13.6. The molecule has 0 radical (unpaired) electrons. The number of hydrogen-bond acceptors (Lipinski definition) is 2. The lowest BCUT2D eigenvalue weighted by atomic mass is 10.0. The zero-order valence-electron chi connectivity index (χ0n) is 16.8. The molecule has 2 amide bonds. The molecule has 0 aliphatic carbocycles. The van der Waals surface area contributed by atoms with Crippen LogP contribution in [0, 0.1) is 6.92 Å². The van der Waals surface area contributed by atoms with E-state index in [2.05, 4.69) is 43.4 Å². The molecule has 28 heavy (non-hydrogen) atoms. The van der Waals surface area contributed by atoms with Gasteiger partial charge in [-0.05, 0) is 31.0 Å². The molecule has 2 aromatic carbocycles. The summed E-state index contributed by atoms with van der Waals surface area (Å²) in [6, 6.07) is 17.8. The molecule has 148 valence electrons. The highest BCUT2D eigenvalue weighted by atomic mass is 16.2. The molecule has 2 N–H and O–H groups in total. The molecule has 2 aromatic rings. The lowest BCUT2D eigenvalue weighted by molar-refractivity contribution is -0.896. The maximum Gasteiger partial charge on any atom is 0.275 e. The average Bonchev–Trinajstić information content (AvgIpc) is 2.73. The molecule has 0 bridgehead atoms. The Hall–Kier alpha value is -2.66. The molecule has 1 atom stereocenters. The van der Waals surface area contributed by atoms with E-state index in [9.17, 15) is 9.59 Å². The first-order valence-electron chi connectivity index (χ1n) is 10.1. The second kappa shape index (κ2) is 9.51. The number of amides is 2. The van der Waals surface area contributed by atoms with Crippen molar-refractivity contribution in [1.82, 2.24) is 10.2 Å². The molecule has 1 fully saturated rings. The van der Waals surface area contributed by atoms with Crippen LogP contribution in [0.25, 0.3) is 0 Å². The van der Waals surface area contributed by atoms with Gasteiger partial charge in [0.05, 0.1) is 32.2 Å². The molecule has 1 aliphatic heterocycles. The number of rotatable bonds is 6. The predicted molar refractivity (Wildman–Crippen MR) is 110 cm³/mol. The number of carbonyl (C=O) groups is 2. The van der Waals surface area contributed by atoms with Gasteiger partial charge < -0.3 is 15.1 Å². The van der Waals surface area contributed by atoms with E-state index < -0.39 is 0 Å². The number of benzene rings is 2. The number of aryl methyl sites for hydroxylation is 1. The largest absolute Gasteiger partial charge is 0.344 e. The zero-order chi connectivity index (χ0) is 19.9. The lowest BCUT2D eigenvalue weighted by Crippen LogP contribution is -3.15. The molecular formula is C23H30N3O2+. The van der Waals surface area contributed by atoms with Crippen molar-refractivity contribution in [1.29, 1.82) is 0 Å². The minimum atomic E-state index is 0.0495. The minimum Gasteiger partial charge on any atom is -0.344 e. The van der Waals surface area contributed by atoms with Crippen molar-refractivity contribution in [3.8, 4) is 0 Å². The summed E-state index contributed by atoms with van der Waals surface area (Å²) in [6.07, 6.45) is 0.865. The van der Waals surface area contributed by atoms with Crippen LogP contribution in [0.2, 0.25) is 0 Å². The Kier molecular flexibility index (Phi) is 6.82. The topological polar surface area (TPSA) is 53.9 Å². The fraction of sp³-hybridized carbons (Fsp3) is 0.391. The number of nitrogens with one attached hydrogen (secondary N) is 2. The number of quaternary nitrogens is 1. The highest BCUT2D eigenvalue weighted by molar-refractivity contribution is 5.94. The van der Waals surface area contributed by atoms with E-state index in [0.717, 1.165) is 30.6 Å². The Morgan fingerprint density at radius 2 is 1.68 bits per heavy atom. The van der Waals surface area contributed by atoms with E-state index in [-0.39, 0.29) is 17.9 Å². The molecule has 0 spiro atoms. The molecule has 3 rings (SSSR count). The number of carbonyl (C=O) groups excluding carboxylic acids is 2. The van der Waals surface area contributed by atoms with E-state index in [1.165, 1.54) is 10.5 Å². The summed E-state index contributed by atoms with van der Waals surface area (Å²) >= 11 is 0. The van der Waals surface area contributed by atoms with E-state index in [1.807, 2.05) is 35.2 Å². The van der Waals surface area contributed by atoms with Gasteiger partial charge in [0.2, 0.25) is 0 Å². The van der Waals surface area contributed by atoms with Gasteiger partial charge in [-0.25, -0.2) is 0 Å². The van der Waals surface area contributed by atoms with Crippen LogP contribution in [0.3, 0.4) is 0 Å². The SMILES string of the molecule is CC[C@@H](NC(=O)C[NH+]1CCN(C(=O)c2ccccc2)CC1)c1ccc(C)cc1. The van der Waals surface area contributed by atoms with Crippen LogP contribution in [0.5, 0.6) is 0 Å². The van der Waals surface area contributed by atoms with Crippen LogP contribution in [0.4, 0.5) is 0 Å². The molecule has 0 aromatic heterocycles. The molecule has 0 unspecified atom stereocenters. The Labute approximate surface area is 167 Å².